The van der Waals surface area contributed by atoms with Gasteiger partial charge in [0.25, 0.3) is 0 Å². The van der Waals surface area contributed by atoms with Crippen LogP contribution in [0.1, 0.15) is 64.4 Å². The number of carbonyl (C=O) groups excluding carboxylic acids is 1. The topological polar surface area (TPSA) is 82.7 Å². The fraction of sp³-hybridized carbons (Fsp3) is 0.448. The Balaban J connectivity index is 0.000000354. The Morgan fingerprint density at radius 3 is 2.10 bits per heavy atom. The van der Waals surface area contributed by atoms with Gasteiger partial charge in [0, 0.05) is 40.7 Å². The van der Waals surface area contributed by atoms with Gasteiger partial charge in [-0.2, -0.15) is 0 Å². The number of carbonyl (C=O) groups is 1. The first-order chi connectivity index (χ1) is 18.3. The standard InChI is InChI=1S/C16H10Cl2N2O.C7H16O.C6H14O3S/c17-12-5-6-14(18)13(9-12)15(21)10-1-3-11(4-2-10)16-19-7-8-20-16;1-5-8-6-7(2,3)4;1-6(2,3)5-8-10-9-7-4/h1-9H,(H,19,20);5-6H2,1-4H3;5H2,1-4H3. The number of nitrogens with one attached hydrogen (secondary N) is 1. The molecule has 1 aromatic heterocycles. The molecule has 3 aromatic rings. The highest BCUT2D eigenvalue weighted by Gasteiger charge is 2.14. The van der Waals surface area contributed by atoms with Crippen LogP contribution in [0.2, 0.25) is 10.0 Å². The molecule has 0 aliphatic carbocycles. The van der Waals surface area contributed by atoms with Crippen LogP contribution in [0.5, 0.6) is 0 Å². The second kappa shape index (κ2) is 17.7. The summed E-state index contributed by atoms with van der Waals surface area (Å²) in [6.45, 7) is 17.1. The maximum absolute atomic E-state index is 12.5. The molecule has 39 heavy (non-hydrogen) atoms. The largest absolute Gasteiger partial charge is 0.381 e. The molecule has 1 heterocycles. The summed E-state index contributed by atoms with van der Waals surface area (Å²) >= 11 is 12.8. The molecule has 216 valence electrons. The number of nitrogens with zero attached hydrogens (tertiary/aromatic N) is 1. The highest BCUT2D eigenvalue weighted by molar-refractivity contribution is 7.89. The van der Waals surface area contributed by atoms with Crippen molar-refractivity contribution in [2.24, 2.45) is 10.8 Å². The van der Waals surface area contributed by atoms with Gasteiger partial charge in [-0.15, -0.1) is 4.33 Å². The molecule has 2 aromatic carbocycles. The average molecular weight is 600 g/mol. The van der Waals surface area contributed by atoms with Gasteiger partial charge in [0.05, 0.1) is 25.3 Å². The number of halogens is 2. The van der Waals surface area contributed by atoms with Crippen molar-refractivity contribution in [1.29, 1.82) is 0 Å². The second-order valence-corrected chi connectivity index (χ2v) is 12.1. The third kappa shape index (κ3) is 15.5. The number of hydrogen-bond donors (Lipinski definition) is 1. The van der Waals surface area contributed by atoms with E-state index in [1.165, 1.54) is 7.11 Å². The maximum atomic E-state index is 12.5. The molecule has 0 radical (unpaired) electrons. The highest BCUT2D eigenvalue weighted by Crippen LogP contribution is 2.24. The number of aromatic nitrogens is 2. The van der Waals surface area contributed by atoms with Crippen molar-refractivity contribution in [3.63, 3.8) is 0 Å². The van der Waals surface area contributed by atoms with Gasteiger partial charge in [0.15, 0.2) is 18.1 Å². The summed E-state index contributed by atoms with van der Waals surface area (Å²) in [5.41, 5.74) is 2.36. The summed E-state index contributed by atoms with van der Waals surface area (Å²) in [6.07, 6.45) is 3.43. The quantitative estimate of drug-likeness (QED) is 0.0865. The minimum absolute atomic E-state index is 0.159. The zero-order valence-electron chi connectivity index (χ0n) is 24.0. The fourth-order valence-corrected chi connectivity index (χ4v) is 3.56. The van der Waals surface area contributed by atoms with Gasteiger partial charge in [-0.3, -0.25) is 8.98 Å². The predicted molar refractivity (Wildman–Crippen MR) is 161 cm³/mol. The van der Waals surface area contributed by atoms with E-state index in [0.717, 1.165) is 36.9 Å². The zero-order valence-corrected chi connectivity index (χ0v) is 26.3. The molecule has 1 N–H and O–H groups in total. The molecule has 10 heteroatoms. The van der Waals surface area contributed by atoms with Crippen molar-refractivity contribution in [2.45, 2.75) is 48.5 Å². The van der Waals surface area contributed by atoms with Crippen LogP contribution < -0.4 is 0 Å². The minimum atomic E-state index is -0.159. The van der Waals surface area contributed by atoms with Crippen LogP contribution in [-0.2, 0) is 18.1 Å². The summed E-state index contributed by atoms with van der Waals surface area (Å²) in [7, 11) is 1.44. The molecule has 0 atom stereocenters. The normalized spacial score (nSPS) is 11.2. The zero-order chi connectivity index (χ0) is 29.5. The van der Waals surface area contributed by atoms with Gasteiger partial charge in [-0.25, -0.2) is 9.87 Å². The van der Waals surface area contributed by atoms with Crippen LogP contribution >= 0.6 is 35.5 Å². The van der Waals surface area contributed by atoms with Crippen LogP contribution in [0.15, 0.2) is 54.9 Å². The predicted octanol–water partition coefficient (Wildman–Crippen LogP) is 8.87. The van der Waals surface area contributed by atoms with E-state index < -0.39 is 0 Å². The summed E-state index contributed by atoms with van der Waals surface area (Å²) in [5.74, 6) is 0.600. The van der Waals surface area contributed by atoms with E-state index in [-0.39, 0.29) is 11.2 Å². The summed E-state index contributed by atoms with van der Waals surface area (Å²) in [5, 5.41) is 0.870. The average Bonchev–Trinajstić information content (AvgIpc) is 3.41. The van der Waals surface area contributed by atoms with Crippen molar-refractivity contribution in [3.05, 3.63) is 76.0 Å². The van der Waals surface area contributed by atoms with E-state index in [9.17, 15) is 4.79 Å². The van der Waals surface area contributed by atoms with Crippen LogP contribution in [0.25, 0.3) is 11.4 Å². The number of benzene rings is 2. The number of H-pyrrole nitrogens is 1. The lowest BCUT2D eigenvalue weighted by atomic mass is 9.99. The Kier molecular flexibility index (Phi) is 15.9. The summed E-state index contributed by atoms with van der Waals surface area (Å²) in [4.78, 5) is 23.9. The van der Waals surface area contributed by atoms with Gasteiger partial charge in [0.2, 0.25) is 0 Å². The molecule has 7 nitrogen and oxygen atoms in total. The lowest BCUT2D eigenvalue weighted by Crippen LogP contribution is -2.14. The molecule has 0 bridgehead atoms. The molecular formula is C29H40Cl2N2O5S. The van der Waals surface area contributed by atoms with E-state index in [0.29, 0.717) is 33.2 Å². The van der Waals surface area contributed by atoms with Crippen molar-refractivity contribution in [1.82, 2.24) is 9.97 Å². The van der Waals surface area contributed by atoms with Gasteiger partial charge >= 0.3 is 0 Å². The van der Waals surface area contributed by atoms with Crippen molar-refractivity contribution < 1.29 is 22.9 Å². The molecule has 0 aliphatic rings. The smallest absolute Gasteiger partial charge is 0.194 e. The van der Waals surface area contributed by atoms with E-state index in [1.54, 1.807) is 42.7 Å². The SMILES string of the molecule is CCOCC(C)(C)C.COOSOCC(C)(C)C.O=C(c1ccc(-c2ncc[nH]2)cc1)c1cc(Cl)ccc1Cl. The van der Waals surface area contributed by atoms with Gasteiger partial charge < -0.3 is 9.72 Å². The van der Waals surface area contributed by atoms with Crippen molar-refractivity contribution in [2.75, 3.05) is 26.9 Å². The first kappa shape index (κ1) is 35.1. The molecule has 3 rings (SSSR count). The number of ketones is 1. The Morgan fingerprint density at radius 2 is 1.62 bits per heavy atom. The molecular weight excluding hydrogens is 559 g/mol. The lowest BCUT2D eigenvalue weighted by molar-refractivity contribution is -0.167. The van der Waals surface area contributed by atoms with E-state index in [1.807, 2.05) is 19.1 Å². The fourth-order valence-electron chi connectivity index (χ4n) is 2.69. The van der Waals surface area contributed by atoms with Crippen LogP contribution in [0.4, 0.5) is 0 Å². The third-order valence-electron chi connectivity index (χ3n) is 4.47. The number of hydrogen-bond acceptors (Lipinski definition) is 7. The molecule has 0 fully saturated rings. The molecule has 0 amide bonds. The Hall–Kier alpha value is -1.91. The first-order valence-corrected chi connectivity index (χ1v) is 13.9. The van der Waals surface area contributed by atoms with E-state index in [4.69, 9.17) is 32.1 Å². The van der Waals surface area contributed by atoms with Gasteiger partial charge in [-0.1, -0.05) is 89.0 Å². The Labute approximate surface area is 247 Å². The number of aromatic amines is 1. The van der Waals surface area contributed by atoms with Gasteiger partial charge in [0.1, 0.15) is 5.82 Å². The van der Waals surface area contributed by atoms with Crippen LogP contribution in [0.3, 0.4) is 0 Å². The Bertz CT molecular complexity index is 1100. The summed E-state index contributed by atoms with van der Waals surface area (Å²) in [6, 6.07) is 12.0. The minimum Gasteiger partial charge on any atom is -0.381 e. The molecule has 0 aliphatic heterocycles. The maximum Gasteiger partial charge on any atom is 0.194 e. The van der Waals surface area contributed by atoms with Crippen molar-refractivity contribution in [3.8, 4) is 11.4 Å². The highest BCUT2D eigenvalue weighted by atomic mass is 35.5. The third-order valence-corrected chi connectivity index (χ3v) is 5.44. The molecule has 0 saturated carbocycles. The molecule has 0 unspecified atom stereocenters. The lowest BCUT2D eigenvalue weighted by Gasteiger charge is -2.16. The van der Waals surface area contributed by atoms with E-state index >= 15 is 0 Å². The Morgan fingerprint density at radius 1 is 0.974 bits per heavy atom. The second-order valence-electron chi connectivity index (χ2n) is 10.8. The van der Waals surface area contributed by atoms with Crippen LogP contribution in [0, 0.1) is 10.8 Å². The number of imidazole rings is 1. The van der Waals surface area contributed by atoms with Crippen LogP contribution in [-0.4, -0.2) is 42.7 Å². The number of ether oxygens (including phenoxy) is 1. The first-order valence-electron chi connectivity index (χ1n) is 12.4. The number of rotatable bonds is 9. The monoisotopic (exact) mass is 598 g/mol. The van der Waals surface area contributed by atoms with Crippen molar-refractivity contribution >= 4 is 41.3 Å². The van der Waals surface area contributed by atoms with Gasteiger partial charge in [-0.05, 0) is 36.0 Å². The molecule has 0 spiro atoms. The molecule has 0 saturated heterocycles. The summed E-state index contributed by atoms with van der Waals surface area (Å²) < 4.78 is 14.6. The van der Waals surface area contributed by atoms with E-state index in [2.05, 4.69) is 60.7 Å².